The van der Waals surface area contributed by atoms with Crippen molar-refractivity contribution in [2.45, 2.75) is 19.4 Å². The molecule has 0 saturated carbocycles. The van der Waals surface area contributed by atoms with Crippen LogP contribution in [0.5, 0.6) is 0 Å². The molecule has 0 spiro atoms. The quantitative estimate of drug-likeness (QED) is 0.712. The van der Waals surface area contributed by atoms with Crippen LogP contribution in [-0.4, -0.2) is 16.9 Å². The molecule has 0 aliphatic heterocycles. The number of nitrogens with two attached hydrogens (primary N) is 2. The predicted octanol–water partition coefficient (Wildman–Crippen LogP) is 1.65. The molecule has 4 nitrogen and oxygen atoms in total. The van der Waals surface area contributed by atoms with E-state index in [9.17, 15) is 4.79 Å². The lowest BCUT2D eigenvalue weighted by atomic mass is 10.1. The minimum atomic E-state index is -0.365. The number of hydrogen-bond acceptors (Lipinski definition) is 3. The number of carbonyl (C=O) groups excluding carboxylic acids is 1. The first-order chi connectivity index (χ1) is 7.90. The van der Waals surface area contributed by atoms with Crippen LogP contribution in [0.3, 0.4) is 0 Å². The number of thiocarbonyl (C=S) groups is 1. The fraction of sp³-hybridized carbons (Fsp3) is 0.273. The van der Waals surface area contributed by atoms with E-state index < -0.39 is 0 Å². The van der Waals surface area contributed by atoms with Crippen LogP contribution in [0, 0.1) is 0 Å². The van der Waals surface area contributed by atoms with Crippen LogP contribution in [0.4, 0.5) is 5.69 Å². The van der Waals surface area contributed by atoms with Gasteiger partial charge in [-0.15, -0.1) is 0 Å². The van der Waals surface area contributed by atoms with Crippen molar-refractivity contribution >= 4 is 40.4 Å². The fourth-order valence-corrected chi connectivity index (χ4v) is 1.81. The molecule has 1 aromatic carbocycles. The summed E-state index contributed by atoms with van der Waals surface area (Å²) in [6.45, 7) is 1.85. The lowest BCUT2D eigenvalue weighted by Gasteiger charge is -2.16. The number of amides is 1. The molecule has 17 heavy (non-hydrogen) atoms. The van der Waals surface area contributed by atoms with Crippen LogP contribution in [0.2, 0.25) is 5.02 Å². The largest absolute Gasteiger partial charge is 0.389 e. The van der Waals surface area contributed by atoms with Crippen molar-refractivity contribution in [3.63, 3.8) is 0 Å². The van der Waals surface area contributed by atoms with Crippen molar-refractivity contribution in [3.8, 4) is 0 Å². The van der Waals surface area contributed by atoms with Gasteiger partial charge in [0, 0.05) is 28.7 Å². The average Bonchev–Trinajstić information content (AvgIpc) is 2.19. The molecule has 0 bridgehead atoms. The van der Waals surface area contributed by atoms with E-state index in [0.29, 0.717) is 10.6 Å². The first-order valence-electron chi connectivity index (χ1n) is 5.04. The van der Waals surface area contributed by atoms with Crippen molar-refractivity contribution < 1.29 is 4.79 Å². The minimum Gasteiger partial charge on any atom is -0.389 e. The molecule has 92 valence electrons. The van der Waals surface area contributed by atoms with Gasteiger partial charge in [-0.2, -0.15) is 0 Å². The van der Waals surface area contributed by atoms with Crippen LogP contribution >= 0.6 is 23.8 Å². The van der Waals surface area contributed by atoms with E-state index in [1.165, 1.54) is 0 Å². The lowest BCUT2D eigenvalue weighted by molar-refractivity contribution is -0.118. The molecular formula is C11H14ClN3OS. The summed E-state index contributed by atoms with van der Waals surface area (Å²) >= 11 is 10.8. The third-order valence-corrected chi connectivity index (χ3v) is 2.61. The van der Waals surface area contributed by atoms with Gasteiger partial charge in [-0.3, -0.25) is 4.79 Å². The maximum Gasteiger partial charge on any atom is 0.219 e. The summed E-state index contributed by atoms with van der Waals surface area (Å²) in [6.07, 6.45) is 0.236. The zero-order valence-electron chi connectivity index (χ0n) is 9.37. The molecule has 0 aliphatic carbocycles. The smallest absolute Gasteiger partial charge is 0.219 e. The Labute approximate surface area is 110 Å². The van der Waals surface area contributed by atoms with Crippen molar-refractivity contribution in [2.75, 3.05) is 5.32 Å². The number of rotatable bonds is 5. The molecule has 0 radical (unpaired) electrons. The van der Waals surface area contributed by atoms with E-state index in [4.69, 9.17) is 35.3 Å². The molecular weight excluding hydrogens is 258 g/mol. The molecule has 1 aromatic rings. The Morgan fingerprint density at radius 3 is 2.71 bits per heavy atom. The summed E-state index contributed by atoms with van der Waals surface area (Å²) in [7, 11) is 0. The normalized spacial score (nSPS) is 11.9. The molecule has 1 atom stereocenters. The maximum absolute atomic E-state index is 10.8. The number of anilines is 1. The van der Waals surface area contributed by atoms with Crippen molar-refractivity contribution in [3.05, 3.63) is 28.8 Å². The highest BCUT2D eigenvalue weighted by molar-refractivity contribution is 7.80. The van der Waals surface area contributed by atoms with Crippen LogP contribution < -0.4 is 16.8 Å². The summed E-state index contributed by atoms with van der Waals surface area (Å²) in [5.74, 6) is -0.365. The Morgan fingerprint density at radius 2 is 2.18 bits per heavy atom. The SMILES string of the molecule is CC(CC(N)=O)Nc1ccc(Cl)cc1C(N)=S. The number of hydrogen-bond donors (Lipinski definition) is 3. The Bertz CT molecular complexity index is 450. The second-order valence-corrected chi connectivity index (χ2v) is 4.65. The monoisotopic (exact) mass is 271 g/mol. The maximum atomic E-state index is 10.8. The van der Waals surface area contributed by atoms with Gasteiger partial charge in [-0.05, 0) is 25.1 Å². The van der Waals surface area contributed by atoms with E-state index >= 15 is 0 Å². The van der Waals surface area contributed by atoms with E-state index in [2.05, 4.69) is 5.32 Å². The summed E-state index contributed by atoms with van der Waals surface area (Å²) in [5.41, 5.74) is 12.1. The van der Waals surface area contributed by atoms with Gasteiger partial charge in [-0.25, -0.2) is 0 Å². The molecule has 1 unspecified atom stereocenters. The van der Waals surface area contributed by atoms with E-state index in [1.54, 1.807) is 18.2 Å². The second kappa shape index (κ2) is 5.84. The van der Waals surface area contributed by atoms with Gasteiger partial charge in [-0.1, -0.05) is 23.8 Å². The third kappa shape index (κ3) is 4.20. The molecule has 6 heteroatoms. The second-order valence-electron chi connectivity index (χ2n) is 3.77. The predicted molar refractivity (Wildman–Crippen MR) is 74.2 cm³/mol. The summed E-state index contributed by atoms with van der Waals surface area (Å²) in [4.78, 5) is 11.0. The van der Waals surface area contributed by atoms with Gasteiger partial charge in [0.2, 0.25) is 5.91 Å². The standard InChI is InChI=1S/C11H14ClN3OS/c1-6(4-10(13)16)15-9-3-2-7(12)5-8(9)11(14)17/h2-3,5-6,15H,4H2,1H3,(H2,13,16)(H2,14,17). The van der Waals surface area contributed by atoms with Crippen molar-refractivity contribution in [1.29, 1.82) is 0 Å². The van der Waals surface area contributed by atoms with Crippen LogP contribution in [0.15, 0.2) is 18.2 Å². The third-order valence-electron chi connectivity index (χ3n) is 2.16. The lowest BCUT2D eigenvalue weighted by Crippen LogP contribution is -2.25. The molecule has 1 rings (SSSR count). The first kappa shape index (κ1) is 13.7. The van der Waals surface area contributed by atoms with Crippen molar-refractivity contribution in [1.82, 2.24) is 0 Å². The number of carbonyl (C=O) groups is 1. The molecule has 0 saturated heterocycles. The van der Waals surface area contributed by atoms with Gasteiger partial charge in [0.1, 0.15) is 4.99 Å². The Hall–Kier alpha value is -1.33. The minimum absolute atomic E-state index is 0.0956. The van der Waals surface area contributed by atoms with Crippen LogP contribution in [0.25, 0.3) is 0 Å². The molecule has 0 aromatic heterocycles. The summed E-state index contributed by atoms with van der Waals surface area (Å²) in [6, 6.07) is 5.09. The van der Waals surface area contributed by atoms with Crippen LogP contribution in [-0.2, 0) is 4.79 Å². The van der Waals surface area contributed by atoms with Crippen molar-refractivity contribution in [2.24, 2.45) is 11.5 Å². The van der Waals surface area contributed by atoms with Gasteiger partial charge in [0.25, 0.3) is 0 Å². The van der Waals surface area contributed by atoms with E-state index in [-0.39, 0.29) is 23.4 Å². The van der Waals surface area contributed by atoms with Crippen LogP contribution in [0.1, 0.15) is 18.9 Å². The average molecular weight is 272 g/mol. The molecule has 1 amide bonds. The Morgan fingerprint density at radius 1 is 1.53 bits per heavy atom. The van der Waals surface area contributed by atoms with Gasteiger partial charge in [0.15, 0.2) is 0 Å². The summed E-state index contributed by atoms with van der Waals surface area (Å²) in [5, 5.41) is 3.68. The van der Waals surface area contributed by atoms with Gasteiger partial charge < -0.3 is 16.8 Å². The molecule has 0 fully saturated rings. The molecule has 5 N–H and O–H groups in total. The van der Waals surface area contributed by atoms with E-state index in [1.807, 2.05) is 6.92 Å². The highest BCUT2D eigenvalue weighted by Gasteiger charge is 2.10. The Balaban J connectivity index is 2.90. The zero-order chi connectivity index (χ0) is 13.0. The topological polar surface area (TPSA) is 81.1 Å². The summed E-state index contributed by atoms with van der Waals surface area (Å²) < 4.78 is 0. The molecule has 0 aliphatic rings. The zero-order valence-corrected chi connectivity index (χ0v) is 10.9. The number of benzene rings is 1. The van der Waals surface area contributed by atoms with Gasteiger partial charge >= 0.3 is 0 Å². The highest BCUT2D eigenvalue weighted by atomic mass is 35.5. The molecule has 0 heterocycles. The number of halogens is 1. The van der Waals surface area contributed by atoms with Gasteiger partial charge in [0.05, 0.1) is 0 Å². The fourth-order valence-electron chi connectivity index (χ4n) is 1.46. The number of primary amides is 1. The highest BCUT2D eigenvalue weighted by Crippen LogP contribution is 2.21. The van der Waals surface area contributed by atoms with E-state index in [0.717, 1.165) is 5.69 Å². The Kier molecular flexibility index (Phi) is 4.72. The first-order valence-corrected chi connectivity index (χ1v) is 5.83. The number of nitrogens with one attached hydrogen (secondary N) is 1.